The Hall–Kier alpha value is -1.19. The van der Waals surface area contributed by atoms with Crippen molar-refractivity contribution in [3.05, 3.63) is 46.4 Å². The molecule has 1 aromatic heterocycles. The molecule has 0 radical (unpaired) electrons. The number of thiophene rings is 1. The number of hydrogen-bond donors (Lipinski definition) is 1. The van der Waals surface area contributed by atoms with Gasteiger partial charge < -0.3 is 5.73 Å². The van der Waals surface area contributed by atoms with Crippen molar-refractivity contribution >= 4 is 11.3 Å². The molecule has 84 valence electrons. The third kappa shape index (κ3) is 2.68. The van der Waals surface area contributed by atoms with Gasteiger partial charge in [0.05, 0.1) is 0 Å². The summed E-state index contributed by atoms with van der Waals surface area (Å²) >= 11 is 1.74. The van der Waals surface area contributed by atoms with Crippen molar-refractivity contribution in [2.75, 3.05) is 6.54 Å². The Morgan fingerprint density at radius 2 is 1.88 bits per heavy atom. The SMILES string of the molecule is NCCCc1cc(-c2ccc(F)cc2)cs1. The molecule has 0 amide bonds. The normalized spacial score (nSPS) is 10.6. The van der Waals surface area contributed by atoms with E-state index >= 15 is 0 Å². The summed E-state index contributed by atoms with van der Waals surface area (Å²) in [7, 11) is 0. The highest BCUT2D eigenvalue weighted by atomic mass is 32.1. The van der Waals surface area contributed by atoms with E-state index in [0.717, 1.165) is 30.5 Å². The monoisotopic (exact) mass is 235 g/mol. The molecule has 0 aliphatic rings. The summed E-state index contributed by atoms with van der Waals surface area (Å²) in [6, 6.07) is 8.76. The average Bonchev–Trinajstić information content (AvgIpc) is 2.76. The molecule has 0 unspecified atom stereocenters. The molecule has 1 aromatic carbocycles. The van der Waals surface area contributed by atoms with Gasteiger partial charge in [-0.3, -0.25) is 0 Å². The molecule has 0 spiro atoms. The molecule has 1 nitrogen and oxygen atoms in total. The maximum Gasteiger partial charge on any atom is 0.123 e. The summed E-state index contributed by atoms with van der Waals surface area (Å²) in [6.45, 7) is 0.726. The summed E-state index contributed by atoms with van der Waals surface area (Å²) < 4.78 is 12.8. The van der Waals surface area contributed by atoms with Gasteiger partial charge in [0, 0.05) is 4.88 Å². The molecular weight excluding hydrogens is 221 g/mol. The van der Waals surface area contributed by atoms with Gasteiger partial charge in [-0.15, -0.1) is 11.3 Å². The minimum atomic E-state index is -0.192. The highest BCUT2D eigenvalue weighted by Gasteiger charge is 2.02. The Labute approximate surface area is 98.7 Å². The third-order valence-corrected chi connectivity index (χ3v) is 3.46. The molecule has 16 heavy (non-hydrogen) atoms. The van der Waals surface area contributed by atoms with E-state index < -0.39 is 0 Å². The maximum atomic E-state index is 12.8. The quantitative estimate of drug-likeness (QED) is 0.863. The molecule has 3 heteroatoms. The zero-order valence-corrected chi connectivity index (χ0v) is 9.77. The van der Waals surface area contributed by atoms with Crippen LogP contribution in [-0.4, -0.2) is 6.54 Å². The number of hydrogen-bond acceptors (Lipinski definition) is 2. The number of halogens is 1. The largest absolute Gasteiger partial charge is 0.330 e. The van der Waals surface area contributed by atoms with Crippen LogP contribution in [0.2, 0.25) is 0 Å². The zero-order valence-electron chi connectivity index (χ0n) is 8.95. The topological polar surface area (TPSA) is 26.0 Å². The van der Waals surface area contributed by atoms with Crippen LogP contribution < -0.4 is 5.73 Å². The number of rotatable bonds is 4. The van der Waals surface area contributed by atoms with E-state index in [1.807, 2.05) is 12.1 Å². The van der Waals surface area contributed by atoms with Crippen LogP contribution in [0.15, 0.2) is 35.7 Å². The van der Waals surface area contributed by atoms with Gasteiger partial charge in [0.25, 0.3) is 0 Å². The fourth-order valence-electron chi connectivity index (χ4n) is 1.58. The molecule has 2 rings (SSSR count). The Balaban J connectivity index is 2.15. The van der Waals surface area contributed by atoms with E-state index in [0.29, 0.717) is 0 Å². The minimum Gasteiger partial charge on any atom is -0.330 e. The van der Waals surface area contributed by atoms with Gasteiger partial charge >= 0.3 is 0 Å². The summed E-state index contributed by atoms with van der Waals surface area (Å²) in [5, 5.41) is 2.11. The van der Waals surface area contributed by atoms with Gasteiger partial charge in [0.1, 0.15) is 5.82 Å². The number of aryl methyl sites for hydroxylation is 1. The van der Waals surface area contributed by atoms with Gasteiger partial charge in [0.15, 0.2) is 0 Å². The molecule has 2 aromatic rings. The lowest BCUT2D eigenvalue weighted by molar-refractivity contribution is 0.628. The van der Waals surface area contributed by atoms with Crippen molar-refractivity contribution in [2.24, 2.45) is 5.73 Å². The van der Waals surface area contributed by atoms with Gasteiger partial charge in [0.2, 0.25) is 0 Å². The predicted molar refractivity (Wildman–Crippen MR) is 67.1 cm³/mol. The van der Waals surface area contributed by atoms with Gasteiger partial charge in [-0.2, -0.15) is 0 Å². The van der Waals surface area contributed by atoms with Crippen LogP contribution in [0.25, 0.3) is 11.1 Å². The fourth-order valence-corrected chi connectivity index (χ4v) is 2.52. The van der Waals surface area contributed by atoms with Gasteiger partial charge in [-0.1, -0.05) is 12.1 Å². The molecule has 0 saturated carbocycles. The van der Waals surface area contributed by atoms with E-state index in [1.165, 1.54) is 17.0 Å². The molecule has 0 atom stereocenters. The highest BCUT2D eigenvalue weighted by Crippen LogP contribution is 2.26. The van der Waals surface area contributed by atoms with Crippen molar-refractivity contribution in [1.82, 2.24) is 0 Å². The predicted octanol–water partition coefficient (Wildman–Crippen LogP) is 3.45. The van der Waals surface area contributed by atoms with Gasteiger partial charge in [-0.05, 0) is 54.1 Å². The Bertz CT molecular complexity index is 447. The number of nitrogens with two attached hydrogens (primary N) is 1. The van der Waals surface area contributed by atoms with Crippen LogP contribution >= 0.6 is 11.3 Å². The van der Waals surface area contributed by atoms with Crippen LogP contribution in [0.5, 0.6) is 0 Å². The van der Waals surface area contributed by atoms with E-state index in [2.05, 4.69) is 11.4 Å². The van der Waals surface area contributed by atoms with E-state index in [4.69, 9.17) is 5.73 Å². The van der Waals surface area contributed by atoms with E-state index in [9.17, 15) is 4.39 Å². The first-order valence-corrected chi connectivity index (χ1v) is 6.21. The smallest absolute Gasteiger partial charge is 0.123 e. The Morgan fingerprint density at radius 3 is 2.56 bits per heavy atom. The van der Waals surface area contributed by atoms with E-state index in [1.54, 1.807) is 11.3 Å². The molecule has 0 fully saturated rings. The second-order valence-corrected chi connectivity index (χ2v) is 4.70. The first-order valence-electron chi connectivity index (χ1n) is 5.33. The van der Waals surface area contributed by atoms with Crippen molar-refractivity contribution < 1.29 is 4.39 Å². The van der Waals surface area contributed by atoms with Crippen LogP contribution in [0.3, 0.4) is 0 Å². The molecule has 1 heterocycles. The number of benzene rings is 1. The summed E-state index contributed by atoms with van der Waals surface area (Å²) in [4.78, 5) is 1.34. The molecule has 2 N–H and O–H groups in total. The molecule has 0 saturated heterocycles. The first-order chi connectivity index (χ1) is 7.79. The Morgan fingerprint density at radius 1 is 1.12 bits per heavy atom. The Kier molecular flexibility index (Phi) is 3.70. The molecular formula is C13H14FNS. The lowest BCUT2D eigenvalue weighted by Gasteiger charge is -1.96. The highest BCUT2D eigenvalue weighted by molar-refractivity contribution is 7.10. The average molecular weight is 235 g/mol. The minimum absolute atomic E-state index is 0.192. The molecule has 0 aliphatic heterocycles. The van der Waals surface area contributed by atoms with Crippen LogP contribution in [0.4, 0.5) is 4.39 Å². The van der Waals surface area contributed by atoms with Crippen LogP contribution in [0, 0.1) is 5.82 Å². The summed E-state index contributed by atoms with van der Waals surface area (Å²) in [6.07, 6.45) is 2.05. The first kappa shape index (κ1) is 11.3. The lowest BCUT2D eigenvalue weighted by atomic mass is 10.1. The zero-order chi connectivity index (χ0) is 11.4. The summed E-state index contributed by atoms with van der Waals surface area (Å²) in [5.41, 5.74) is 7.70. The second-order valence-electron chi connectivity index (χ2n) is 3.70. The second kappa shape index (κ2) is 5.23. The molecule has 0 aliphatic carbocycles. The van der Waals surface area contributed by atoms with Gasteiger partial charge in [-0.25, -0.2) is 4.39 Å². The standard InChI is InChI=1S/C13H14FNS/c14-12-5-3-10(4-6-12)11-8-13(16-9-11)2-1-7-15/h3-6,8-9H,1-2,7,15H2. The van der Waals surface area contributed by atoms with Crippen LogP contribution in [0.1, 0.15) is 11.3 Å². The van der Waals surface area contributed by atoms with Crippen molar-refractivity contribution in [1.29, 1.82) is 0 Å². The van der Waals surface area contributed by atoms with Crippen molar-refractivity contribution in [2.45, 2.75) is 12.8 Å². The summed E-state index contributed by atoms with van der Waals surface area (Å²) in [5.74, 6) is -0.192. The lowest BCUT2D eigenvalue weighted by Crippen LogP contribution is -1.99. The van der Waals surface area contributed by atoms with Crippen molar-refractivity contribution in [3.63, 3.8) is 0 Å². The third-order valence-electron chi connectivity index (χ3n) is 2.46. The fraction of sp³-hybridized carbons (Fsp3) is 0.231. The van der Waals surface area contributed by atoms with Crippen molar-refractivity contribution in [3.8, 4) is 11.1 Å². The maximum absolute atomic E-state index is 12.8. The van der Waals surface area contributed by atoms with E-state index in [-0.39, 0.29) is 5.82 Å². The molecule has 0 bridgehead atoms. The van der Waals surface area contributed by atoms with Crippen LogP contribution in [-0.2, 0) is 6.42 Å².